The second-order valence-electron chi connectivity index (χ2n) is 6.75. The number of carboxylic acid groups (broad SMARTS) is 1. The van der Waals surface area contributed by atoms with E-state index in [2.05, 4.69) is 4.98 Å². The minimum Gasteiger partial charge on any atom is -0.504 e. The Kier molecular flexibility index (Phi) is 5.24. The van der Waals surface area contributed by atoms with Crippen LogP contribution in [-0.4, -0.2) is 32.8 Å². The Morgan fingerprint density at radius 2 is 1.84 bits per heavy atom. The number of hydrogen-bond donors (Lipinski definition) is 2. The van der Waals surface area contributed by atoms with Gasteiger partial charge >= 0.3 is 5.97 Å². The molecule has 31 heavy (non-hydrogen) atoms. The van der Waals surface area contributed by atoms with Gasteiger partial charge in [-0.1, -0.05) is 30.3 Å². The number of ether oxygens (including phenoxy) is 1. The molecule has 1 aromatic heterocycles. The molecular weight excluding hydrogens is 396 g/mol. The summed E-state index contributed by atoms with van der Waals surface area (Å²) in [7, 11) is 1.46. The summed E-state index contributed by atoms with van der Waals surface area (Å²) in [6.45, 7) is 0. The third kappa shape index (κ3) is 3.89. The zero-order valence-electron chi connectivity index (χ0n) is 16.5. The maximum Gasteiger partial charge on any atom is 0.335 e. The molecule has 0 spiro atoms. The van der Waals surface area contributed by atoms with Gasteiger partial charge in [0.25, 0.3) is 5.56 Å². The summed E-state index contributed by atoms with van der Waals surface area (Å²) in [6.07, 6.45) is 3.39. The van der Waals surface area contributed by atoms with E-state index in [1.807, 2.05) is 0 Å². The number of carboxylic acids is 1. The quantitative estimate of drug-likeness (QED) is 0.512. The van der Waals surface area contributed by atoms with Crippen LogP contribution in [0.25, 0.3) is 28.7 Å². The molecule has 4 rings (SSSR count). The molecule has 1 heterocycles. The number of aromatic carboxylic acids is 1. The number of methoxy groups -OCH3 is 1. The summed E-state index contributed by atoms with van der Waals surface area (Å²) in [5.41, 5.74) is 1.40. The van der Waals surface area contributed by atoms with Crippen molar-refractivity contribution in [2.45, 2.75) is 0 Å². The van der Waals surface area contributed by atoms with E-state index in [1.165, 1.54) is 29.9 Å². The molecule has 154 valence electrons. The van der Waals surface area contributed by atoms with Crippen LogP contribution in [0.5, 0.6) is 11.5 Å². The topological polar surface area (TPSA) is 102 Å². The van der Waals surface area contributed by atoms with Crippen molar-refractivity contribution in [3.63, 3.8) is 0 Å². The molecule has 0 aliphatic carbocycles. The third-order valence-electron chi connectivity index (χ3n) is 4.78. The zero-order valence-corrected chi connectivity index (χ0v) is 16.5. The maximum atomic E-state index is 13.3. The summed E-state index contributed by atoms with van der Waals surface area (Å²) >= 11 is 0. The van der Waals surface area contributed by atoms with Crippen molar-refractivity contribution < 1.29 is 19.7 Å². The first kappa shape index (κ1) is 19.9. The van der Waals surface area contributed by atoms with Crippen LogP contribution >= 0.6 is 0 Å². The van der Waals surface area contributed by atoms with Gasteiger partial charge in [0.05, 0.1) is 29.3 Å². The van der Waals surface area contributed by atoms with Crippen LogP contribution in [0, 0.1) is 0 Å². The SMILES string of the molecule is COc1cc(/C=C/c2nc3ccccc3c(=O)n2-c2cccc(C(=O)O)c2)ccc1O. The van der Waals surface area contributed by atoms with Crippen molar-refractivity contribution in [1.29, 1.82) is 0 Å². The highest BCUT2D eigenvalue weighted by molar-refractivity contribution is 5.88. The van der Waals surface area contributed by atoms with Gasteiger partial charge in [-0.15, -0.1) is 0 Å². The Morgan fingerprint density at radius 1 is 1.03 bits per heavy atom. The largest absolute Gasteiger partial charge is 0.504 e. The van der Waals surface area contributed by atoms with E-state index >= 15 is 0 Å². The average molecular weight is 414 g/mol. The second-order valence-corrected chi connectivity index (χ2v) is 6.75. The minimum atomic E-state index is -1.09. The molecule has 0 aliphatic heterocycles. The van der Waals surface area contributed by atoms with Crippen molar-refractivity contribution in [3.05, 3.63) is 94.0 Å². The van der Waals surface area contributed by atoms with E-state index in [9.17, 15) is 19.8 Å². The Morgan fingerprint density at radius 3 is 2.61 bits per heavy atom. The van der Waals surface area contributed by atoms with Crippen LogP contribution in [0.15, 0.2) is 71.5 Å². The molecule has 0 unspecified atom stereocenters. The van der Waals surface area contributed by atoms with Gasteiger partial charge in [0.15, 0.2) is 11.5 Å². The van der Waals surface area contributed by atoms with Crippen LogP contribution < -0.4 is 10.3 Å². The lowest BCUT2D eigenvalue weighted by Gasteiger charge is -2.12. The molecule has 0 fully saturated rings. The zero-order chi connectivity index (χ0) is 22.0. The van der Waals surface area contributed by atoms with Crippen LogP contribution in [0.3, 0.4) is 0 Å². The van der Waals surface area contributed by atoms with Gasteiger partial charge in [-0.3, -0.25) is 9.36 Å². The minimum absolute atomic E-state index is 0.0193. The average Bonchev–Trinajstić information content (AvgIpc) is 2.78. The molecule has 0 saturated carbocycles. The van der Waals surface area contributed by atoms with Crippen molar-refractivity contribution in [2.75, 3.05) is 7.11 Å². The summed E-state index contributed by atoms with van der Waals surface area (Å²) in [5.74, 6) is -0.416. The number of phenols is 1. The number of aromatic hydroxyl groups is 1. The fourth-order valence-electron chi connectivity index (χ4n) is 3.26. The monoisotopic (exact) mass is 414 g/mol. The number of benzene rings is 3. The Bertz CT molecular complexity index is 1390. The number of hydrogen-bond acceptors (Lipinski definition) is 5. The molecule has 0 radical (unpaired) electrons. The van der Waals surface area contributed by atoms with E-state index in [1.54, 1.807) is 60.7 Å². The molecule has 3 aromatic carbocycles. The lowest BCUT2D eigenvalue weighted by atomic mass is 10.1. The number of aromatic nitrogens is 2. The van der Waals surface area contributed by atoms with Crippen LogP contribution in [0.2, 0.25) is 0 Å². The smallest absolute Gasteiger partial charge is 0.335 e. The third-order valence-corrected chi connectivity index (χ3v) is 4.78. The molecule has 2 N–H and O–H groups in total. The Labute approximate surface area is 177 Å². The van der Waals surface area contributed by atoms with E-state index < -0.39 is 5.97 Å². The highest BCUT2D eigenvalue weighted by Gasteiger charge is 2.13. The lowest BCUT2D eigenvalue weighted by molar-refractivity contribution is 0.0697. The number of phenolic OH excluding ortho intramolecular Hbond substituents is 1. The van der Waals surface area contributed by atoms with Gasteiger partial charge in [-0.2, -0.15) is 0 Å². The van der Waals surface area contributed by atoms with E-state index in [0.717, 1.165) is 5.56 Å². The predicted molar refractivity (Wildman–Crippen MR) is 118 cm³/mol. The van der Waals surface area contributed by atoms with Crippen LogP contribution in [0.4, 0.5) is 0 Å². The van der Waals surface area contributed by atoms with Crippen LogP contribution in [0.1, 0.15) is 21.7 Å². The number of para-hydroxylation sites is 1. The van der Waals surface area contributed by atoms with Gasteiger partial charge in [0.2, 0.25) is 0 Å². The molecule has 4 aromatic rings. The highest BCUT2D eigenvalue weighted by atomic mass is 16.5. The maximum absolute atomic E-state index is 13.3. The fourth-order valence-corrected chi connectivity index (χ4v) is 3.26. The standard InChI is InChI=1S/C24H18N2O5/c1-31-21-13-15(9-11-20(21)27)10-12-22-25-19-8-3-2-7-18(19)23(28)26(22)17-6-4-5-16(14-17)24(29)30/h2-14,27H,1H3,(H,29,30)/b12-10+. The summed E-state index contributed by atoms with van der Waals surface area (Å²) in [6, 6.07) is 18.0. The summed E-state index contributed by atoms with van der Waals surface area (Å²) in [5, 5.41) is 19.5. The number of carbonyl (C=O) groups is 1. The number of rotatable bonds is 5. The van der Waals surface area contributed by atoms with E-state index in [-0.39, 0.29) is 16.9 Å². The second kappa shape index (κ2) is 8.16. The van der Waals surface area contributed by atoms with E-state index in [0.29, 0.717) is 28.2 Å². The first-order valence-corrected chi connectivity index (χ1v) is 9.38. The number of fused-ring (bicyclic) bond motifs is 1. The lowest BCUT2D eigenvalue weighted by Crippen LogP contribution is -2.22. The van der Waals surface area contributed by atoms with Gasteiger partial charge < -0.3 is 14.9 Å². The van der Waals surface area contributed by atoms with Crippen molar-refractivity contribution in [2.24, 2.45) is 0 Å². The Hall–Kier alpha value is -4.39. The molecular formula is C24H18N2O5. The summed E-state index contributed by atoms with van der Waals surface area (Å²) < 4.78 is 6.51. The van der Waals surface area contributed by atoms with Gasteiger partial charge in [-0.05, 0) is 54.1 Å². The van der Waals surface area contributed by atoms with Gasteiger partial charge in [0, 0.05) is 0 Å². The molecule has 7 heteroatoms. The van der Waals surface area contributed by atoms with Crippen LogP contribution in [-0.2, 0) is 0 Å². The van der Waals surface area contributed by atoms with Crippen molar-refractivity contribution in [3.8, 4) is 17.2 Å². The fraction of sp³-hybridized carbons (Fsp3) is 0.0417. The molecule has 0 bridgehead atoms. The normalized spacial score (nSPS) is 11.1. The highest BCUT2D eigenvalue weighted by Crippen LogP contribution is 2.27. The van der Waals surface area contributed by atoms with Crippen molar-refractivity contribution >= 4 is 29.0 Å². The predicted octanol–water partition coefficient (Wildman–Crippen LogP) is 3.97. The van der Waals surface area contributed by atoms with E-state index in [4.69, 9.17) is 4.74 Å². The molecule has 7 nitrogen and oxygen atoms in total. The Balaban J connectivity index is 1.92. The van der Waals surface area contributed by atoms with Gasteiger partial charge in [-0.25, -0.2) is 9.78 Å². The first-order chi connectivity index (χ1) is 15.0. The molecule has 0 amide bonds. The number of nitrogens with zero attached hydrogens (tertiary/aromatic N) is 2. The molecule has 0 saturated heterocycles. The first-order valence-electron chi connectivity index (χ1n) is 9.38. The molecule has 0 aliphatic rings. The molecule has 0 atom stereocenters. The summed E-state index contributed by atoms with van der Waals surface area (Å²) in [4.78, 5) is 29.3. The van der Waals surface area contributed by atoms with Gasteiger partial charge in [0.1, 0.15) is 5.82 Å². The van der Waals surface area contributed by atoms with Crippen molar-refractivity contribution in [1.82, 2.24) is 9.55 Å².